The van der Waals surface area contributed by atoms with Gasteiger partial charge in [0.1, 0.15) is 5.76 Å². The van der Waals surface area contributed by atoms with E-state index in [9.17, 15) is 4.79 Å². The highest BCUT2D eigenvalue weighted by atomic mass is 35.5. The van der Waals surface area contributed by atoms with E-state index in [1.165, 1.54) is 0 Å². The quantitative estimate of drug-likeness (QED) is 0.484. The summed E-state index contributed by atoms with van der Waals surface area (Å²) in [6.07, 6.45) is 1.58. The molecule has 0 spiro atoms. The van der Waals surface area contributed by atoms with Crippen LogP contribution in [0, 0.1) is 0 Å². The third-order valence-electron chi connectivity index (χ3n) is 3.54. The van der Waals surface area contributed by atoms with Crippen LogP contribution in [0.3, 0.4) is 0 Å². The number of anilines is 1. The highest BCUT2D eigenvalue weighted by molar-refractivity contribution is 7.98. The number of furan rings is 1. The number of nitrogens with two attached hydrogens (primary N) is 1. The summed E-state index contributed by atoms with van der Waals surface area (Å²) < 4.78 is 5.21. The molecule has 0 bridgehead atoms. The molecule has 0 unspecified atom stereocenters. The van der Waals surface area contributed by atoms with Crippen LogP contribution in [0.4, 0.5) is 5.69 Å². The van der Waals surface area contributed by atoms with Gasteiger partial charge in [0.2, 0.25) is 0 Å². The molecule has 0 radical (unpaired) electrons. The van der Waals surface area contributed by atoms with E-state index in [0.717, 1.165) is 16.2 Å². The van der Waals surface area contributed by atoms with Gasteiger partial charge in [-0.3, -0.25) is 4.79 Å². The van der Waals surface area contributed by atoms with Crippen LogP contribution in [0.25, 0.3) is 0 Å². The van der Waals surface area contributed by atoms with Crippen molar-refractivity contribution in [3.8, 4) is 0 Å². The van der Waals surface area contributed by atoms with E-state index < -0.39 is 0 Å². The van der Waals surface area contributed by atoms with Gasteiger partial charge in [0.25, 0.3) is 5.91 Å². The lowest BCUT2D eigenvalue weighted by atomic mass is 10.1. The molecule has 0 aliphatic heterocycles. The maximum Gasteiger partial charge on any atom is 0.251 e. The minimum absolute atomic E-state index is 0.131. The van der Waals surface area contributed by atoms with Crippen LogP contribution in [0.5, 0.6) is 0 Å². The fraction of sp³-hybridized carbons (Fsp3) is 0.105. The number of thioether (sulfide) groups is 1. The van der Waals surface area contributed by atoms with E-state index in [-0.39, 0.29) is 5.91 Å². The van der Waals surface area contributed by atoms with Crippen LogP contribution >= 0.6 is 23.4 Å². The second-order valence-corrected chi connectivity index (χ2v) is 6.87. The Labute approximate surface area is 155 Å². The Morgan fingerprint density at radius 1 is 1.16 bits per heavy atom. The summed E-state index contributed by atoms with van der Waals surface area (Å²) in [5.41, 5.74) is 8.01. The molecule has 1 heterocycles. The SMILES string of the molecule is Nc1ccc(SCc2cccc(C(=O)NCc3ccco3)c2)c(Cl)c1. The van der Waals surface area contributed by atoms with Crippen molar-refractivity contribution in [1.29, 1.82) is 0 Å². The van der Waals surface area contributed by atoms with Crippen molar-refractivity contribution in [3.63, 3.8) is 0 Å². The van der Waals surface area contributed by atoms with Gasteiger partial charge in [-0.2, -0.15) is 0 Å². The number of benzene rings is 2. The molecule has 4 nitrogen and oxygen atoms in total. The minimum Gasteiger partial charge on any atom is -0.467 e. The molecular formula is C19H17ClN2O2S. The van der Waals surface area contributed by atoms with Gasteiger partial charge in [-0.25, -0.2) is 0 Å². The molecule has 128 valence electrons. The lowest BCUT2D eigenvalue weighted by Crippen LogP contribution is -2.22. The first kappa shape index (κ1) is 17.5. The van der Waals surface area contributed by atoms with Crippen LogP contribution < -0.4 is 11.1 Å². The van der Waals surface area contributed by atoms with Crippen molar-refractivity contribution in [2.45, 2.75) is 17.2 Å². The summed E-state index contributed by atoms with van der Waals surface area (Å²) in [6, 6.07) is 16.6. The average Bonchev–Trinajstić information content (AvgIpc) is 3.13. The van der Waals surface area contributed by atoms with Gasteiger partial charge in [-0.05, 0) is 48.0 Å². The molecule has 0 aliphatic rings. The molecule has 0 atom stereocenters. The van der Waals surface area contributed by atoms with Crippen molar-refractivity contribution < 1.29 is 9.21 Å². The summed E-state index contributed by atoms with van der Waals surface area (Å²) in [7, 11) is 0. The van der Waals surface area contributed by atoms with Crippen LogP contribution in [0.15, 0.2) is 70.2 Å². The zero-order valence-electron chi connectivity index (χ0n) is 13.4. The lowest BCUT2D eigenvalue weighted by Gasteiger charge is -2.08. The maximum atomic E-state index is 12.3. The topological polar surface area (TPSA) is 68.3 Å². The number of nitrogen functional groups attached to an aromatic ring is 1. The molecule has 1 amide bonds. The van der Waals surface area contributed by atoms with E-state index in [1.807, 2.05) is 36.4 Å². The number of amides is 1. The summed E-state index contributed by atoms with van der Waals surface area (Å²) in [4.78, 5) is 13.2. The Kier molecular flexibility index (Phi) is 5.68. The number of halogens is 1. The van der Waals surface area contributed by atoms with Crippen molar-refractivity contribution in [1.82, 2.24) is 5.32 Å². The summed E-state index contributed by atoms with van der Waals surface area (Å²) in [5, 5.41) is 3.48. The summed E-state index contributed by atoms with van der Waals surface area (Å²) in [6.45, 7) is 0.367. The Hall–Kier alpha value is -2.37. The van der Waals surface area contributed by atoms with Gasteiger partial charge < -0.3 is 15.5 Å². The smallest absolute Gasteiger partial charge is 0.251 e. The third-order valence-corrected chi connectivity index (χ3v) is 5.11. The predicted octanol–water partition coefficient (Wildman–Crippen LogP) is 4.74. The number of rotatable bonds is 6. The molecular weight excluding hydrogens is 356 g/mol. The van der Waals surface area contributed by atoms with Gasteiger partial charge in [-0.1, -0.05) is 23.7 Å². The first-order valence-corrected chi connectivity index (χ1v) is 9.05. The number of carbonyl (C=O) groups excluding carboxylic acids is 1. The van der Waals surface area contributed by atoms with Crippen molar-refractivity contribution in [2.24, 2.45) is 0 Å². The Bertz CT molecular complexity index is 866. The van der Waals surface area contributed by atoms with E-state index in [1.54, 1.807) is 36.2 Å². The largest absolute Gasteiger partial charge is 0.467 e. The zero-order chi connectivity index (χ0) is 17.6. The van der Waals surface area contributed by atoms with Crippen LogP contribution in [0.2, 0.25) is 5.02 Å². The monoisotopic (exact) mass is 372 g/mol. The Morgan fingerprint density at radius 2 is 2.04 bits per heavy atom. The molecule has 3 rings (SSSR count). The fourth-order valence-electron chi connectivity index (χ4n) is 2.28. The number of carbonyl (C=O) groups is 1. The second kappa shape index (κ2) is 8.14. The standard InChI is InChI=1S/C19H17ClN2O2S/c20-17-10-15(21)6-7-18(17)25-12-13-3-1-4-14(9-13)19(23)22-11-16-5-2-8-24-16/h1-10H,11-12,21H2,(H,22,23). The molecule has 1 aromatic heterocycles. The molecule has 3 N–H and O–H groups in total. The number of hydrogen-bond acceptors (Lipinski definition) is 4. The van der Waals surface area contributed by atoms with Crippen molar-refractivity contribution >= 4 is 35.0 Å². The van der Waals surface area contributed by atoms with Crippen LogP contribution in [0.1, 0.15) is 21.7 Å². The maximum absolute atomic E-state index is 12.3. The van der Waals surface area contributed by atoms with Gasteiger partial charge in [0.15, 0.2) is 0 Å². The highest BCUT2D eigenvalue weighted by Crippen LogP contribution is 2.31. The Balaban J connectivity index is 1.61. The van der Waals surface area contributed by atoms with E-state index in [4.69, 9.17) is 21.8 Å². The van der Waals surface area contributed by atoms with Crippen molar-refractivity contribution in [2.75, 3.05) is 5.73 Å². The van der Waals surface area contributed by atoms with Gasteiger partial charge in [0.05, 0.1) is 17.8 Å². The first-order valence-electron chi connectivity index (χ1n) is 7.69. The molecule has 6 heteroatoms. The number of nitrogens with one attached hydrogen (secondary N) is 1. The zero-order valence-corrected chi connectivity index (χ0v) is 14.9. The number of hydrogen-bond donors (Lipinski definition) is 2. The van der Waals surface area contributed by atoms with Crippen molar-refractivity contribution in [3.05, 3.63) is 82.8 Å². The van der Waals surface area contributed by atoms with E-state index in [2.05, 4.69) is 5.32 Å². The van der Waals surface area contributed by atoms with Crippen LogP contribution in [-0.4, -0.2) is 5.91 Å². The van der Waals surface area contributed by atoms with Gasteiger partial charge in [-0.15, -0.1) is 11.8 Å². The highest BCUT2D eigenvalue weighted by Gasteiger charge is 2.08. The molecule has 2 aromatic carbocycles. The normalized spacial score (nSPS) is 10.6. The molecule has 0 aliphatic carbocycles. The second-order valence-electron chi connectivity index (χ2n) is 5.44. The third kappa shape index (κ3) is 4.81. The Morgan fingerprint density at radius 3 is 2.80 bits per heavy atom. The molecule has 3 aromatic rings. The first-order chi connectivity index (χ1) is 12.1. The average molecular weight is 373 g/mol. The molecule has 0 fully saturated rings. The fourth-order valence-corrected chi connectivity index (χ4v) is 3.50. The summed E-state index contributed by atoms with van der Waals surface area (Å²) in [5.74, 6) is 1.30. The van der Waals surface area contributed by atoms with E-state index in [0.29, 0.717) is 28.6 Å². The lowest BCUT2D eigenvalue weighted by molar-refractivity contribution is 0.0948. The minimum atomic E-state index is -0.131. The predicted molar refractivity (Wildman–Crippen MR) is 102 cm³/mol. The van der Waals surface area contributed by atoms with E-state index >= 15 is 0 Å². The molecule has 0 saturated heterocycles. The van der Waals surface area contributed by atoms with Gasteiger partial charge >= 0.3 is 0 Å². The van der Waals surface area contributed by atoms with Crippen LogP contribution in [-0.2, 0) is 12.3 Å². The molecule has 25 heavy (non-hydrogen) atoms. The van der Waals surface area contributed by atoms with Gasteiger partial charge in [0, 0.05) is 21.9 Å². The summed E-state index contributed by atoms with van der Waals surface area (Å²) >= 11 is 7.80. The molecule has 0 saturated carbocycles.